The Bertz CT molecular complexity index is 768. The van der Waals surface area contributed by atoms with Crippen molar-refractivity contribution in [3.05, 3.63) is 60.6 Å². The summed E-state index contributed by atoms with van der Waals surface area (Å²) < 4.78 is 8.41. The number of para-hydroxylation sites is 1. The molecule has 2 aromatic rings. The number of hydrogen-bond donors (Lipinski definition) is 0. The molecule has 0 saturated heterocycles. The van der Waals surface area contributed by atoms with Crippen LogP contribution in [0.5, 0.6) is 5.88 Å². The van der Waals surface area contributed by atoms with Gasteiger partial charge in [-0.2, -0.15) is 0 Å². The maximum atomic E-state index is 6.33. The van der Waals surface area contributed by atoms with E-state index in [2.05, 4.69) is 11.1 Å². The Labute approximate surface area is 130 Å². The van der Waals surface area contributed by atoms with Crippen molar-refractivity contribution in [1.29, 1.82) is 0 Å². The predicted octanol–water partition coefficient (Wildman–Crippen LogP) is 4.29. The Morgan fingerprint density at radius 2 is 1.73 bits per heavy atom. The normalized spacial score (nSPS) is 20.0. The smallest absolute Gasteiger partial charge is 0.200 e. The van der Waals surface area contributed by atoms with Gasteiger partial charge in [0.15, 0.2) is 5.60 Å². The summed E-state index contributed by atoms with van der Waals surface area (Å²) in [4.78, 5) is 4.76. The molecule has 0 N–H and O–H groups in total. The first-order valence-electron chi connectivity index (χ1n) is 7.99. The van der Waals surface area contributed by atoms with Gasteiger partial charge in [0.1, 0.15) is 5.49 Å². The lowest BCUT2D eigenvalue weighted by atomic mass is 9.83. The van der Waals surface area contributed by atoms with Gasteiger partial charge in [0.25, 0.3) is 0 Å². The third-order valence-electron chi connectivity index (χ3n) is 4.69. The molecule has 1 spiro atoms. The van der Waals surface area contributed by atoms with Crippen LogP contribution in [0.4, 0.5) is 5.69 Å². The van der Waals surface area contributed by atoms with Gasteiger partial charge in [-0.25, -0.2) is 4.99 Å². The lowest BCUT2D eigenvalue weighted by Gasteiger charge is -2.32. The van der Waals surface area contributed by atoms with Crippen molar-refractivity contribution in [2.24, 2.45) is 4.99 Å². The summed E-state index contributed by atoms with van der Waals surface area (Å²) in [5, 5.41) is 0. The molecular formula is C19H20N2O. The zero-order chi connectivity index (χ0) is 15.0. The van der Waals surface area contributed by atoms with Gasteiger partial charge >= 0.3 is 0 Å². The summed E-state index contributed by atoms with van der Waals surface area (Å²) in [6, 6.07) is 16.1. The Morgan fingerprint density at radius 1 is 0.955 bits per heavy atom. The predicted molar refractivity (Wildman–Crippen MR) is 87.9 cm³/mol. The number of fused-ring (bicyclic) bond motifs is 1. The first kappa shape index (κ1) is 13.4. The van der Waals surface area contributed by atoms with Gasteiger partial charge in [0, 0.05) is 0 Å². The number of hydrogen-bond acceptors (Lipinski definition) is 2. The average molecular weight is 292 g/mol. The van der Waals surface area contributed by atoms with Crippen molar-refractivity contribution in [3.63, 3.8) is 0 Å². The van der Waals surface area contributed by atoms with Crippen molar-refractivity contribution in [3.8, 4) is 5.88 Å². The van der Waals surface area contributed by atoms with E-state index in [-0.39, 0.29) is 5.60 Å². The molecule has 1 aromatic carbocycles. The van der Waals surface area contributed by atoms with Crippen LogP contribution >= 0.6 is 0 Å². The van der Waals surface area contributed by atoms with E-state index in [4.69, 9.17) is 9.73 Å². The fourth-order valence-electron chi connectivity index (χ4n) is 3.53. The molecular weight excluding hydrogens is 272 g/mol. The van der Waals surface area contributed by atoms with Crippen molar-refractivity contribution >= 4 is 11.4 Å². The number of rotatable bonds is 1. The van der Waals surface area contributed by atoms with Crippen molar-refractivity contribution in [2.45, 2.75) is 37.7 Å². The summed E-state index contributed by atoms with van der Waals surface area (Å²) in [5.41, 5.74) is 2.66. The Balaban J connectivity index is 1.82. The second-order valence-electron chi connectivity index (χ2n) is 6.11. The average Bonchev–Trinajstić information content (AvgIpc) is 2.82. The number of pyridine rings is 1. The lowest BCUT2D eigenvalue weighted by molar-refractivity contribution is 0.101. The SMILES string of the molecule is C=C1n2c(cccc2=Nc2ccccc2)OC12CCCCC2. The van der Waals surface area contributed by atoms with Crippen molar-refractivity contribution in [1.82, 2.24) is 4.57 Å². The molecule has 22 heavy (non-hydrogen) atoms. The molecule has 0 amide bonds. The minimum atomic E-state index is -0.215. The largest absolute Gasteiger partial charge is 0.466 e. The number of aromatic nitrogens is 1. The molecule has 1 aliphatic heterocycles. The lowest BCUT2D eigenvalue weighted by Crippen LogP contribution is -2.36. The first-order valence-corrected chi connectivity index (χ1v) is 7.99. The monoisotopic (exact) mass is 292 g/mol. The minimum Gasteiger partial charge on any atom is -0.466 e. The van der Waals surface area contributed by atoms with Gasteiger partial charge in [-0.15, -0.1) is 0 Å². The van der Waals surface area contributed by atoms with E-state index in [0.717, 1.165) is 35.6 Å². The van der Waals surface area contributed by atoms with Gasteiger partial charge in [-0.3, -0.25) is 4.57 Å². The van der Waals surface area contributed by atoms with Gasteiger partial charge in [0.2, 0.25) is 5.88 Å². The molecule has 112 valence electrons. The van der Waals surface area contributed by atoms with E-state index in [1.807, 2.05) is 48.5 Å². The van der Waals surface area contributed by atoms with E-state index in [0.29, 0.717) is 0 Å². The van der Waals surface area contributed by atoms with Gasteiger partial charge in [-0.1, -0.05) is 37.3 Å². The third-order valence-corrected chi connectivity index (χ3v) is 4.69. The van der Waals surface area contributed by atoms with Crippen molar-refractivity contribution in [2.75, 3.05) is 0 Å². The Hall–Kier alpha value is -2.29. The Morgan fingerprint density at radius 3 is 2.50 bits per heavy atom. The Kier molecular flexibility index (Phi) is 3.14. The van der Waals surface area contributed by atoms with Crippen LogP contribution in [0.25, 0.3) is 5.70 Å². The molecule has 0 radical (unpaired) electrons. The van der Waals surface area contributed by atoms with Crippen LogP contribution in [0, 0.1) is 0 Å². The van der Waals surface area contributed by atoms with Gasteiger partial charge < -0.3 is 4.74 Å². The molecule has 1 aliphatic carbocycles. The molecule has 4 rings (SSSR count). The highest BCUT2D eigenvalue weighted by Crippen LogP contribution is 2.44. The minimum absolute atomic E-state index is 0.215. The molecule has 0 unspecified atom stereocenters. The quantitative estimate of drug-likeness (QED) is 0.770. The summed E-state index contributed by atoms with van der Waals surface area (Å²) in [6.45, 7) is 4.35. The summed E-state index contributed by atoms with van der Waals surface area (Å²) in [6.07, 6.45) is 5.81. The van der Waals surface area contributed by atoms with E-state index in [9.17, 15) is 0 Å². The van der Waals surface area contributed by atoms with Crippen LogP contribution in [0.2, 0.25) is 0 Å². The first-order chi connectivity index (χ1) is 10.8. The fourth-order valence-corrected chi connectivity index (χ4v) is 3.53. The highest BCUT2D eigenvalue weighted by Gasteiger charge is 2.43. The fraction of sp³-hybridized carbons (Fsp3) is 0.316. The zero-order valence-corrected chi connectivity index (χ0v) is 12.7. The van der Waals surface area contributed by atoms with Crippen LogP contribution < -0.4 is 10.2 Å². The van der Waals surface area contributed by atoms with E-state index in [1.165, 1.54) is 19.3 Å². The van der Waals surface area contributed by atoms with Crippen LogP contribution in [-0.4, -0.2) is 10.2 Å². The van der Waals surface area contributed by atoms with Crippen LogP contribution in [0.1, 0.15) is 32.1 Å². The summed E-state index contributed by atoms with van der Waals surface area (Å²) >= 11 is 0. The standard InChI is InChI=1S/C19H20N2O/c1-15-19(13-6-3-7-14-19)22-18-12-8-11-17(21(15)18)20-16-9-4-2-5-10-16/h2,4-5,8-12H,1,3,6-7,13-14H2. The summed E-state index contributed by atoms with van der Waals surface area (Å²) in [7, 11) is 0. The van der Waals surface area contributed by atoms with Gasteiger partial charge in [0.05, 0.1) is 11.4 Å². The molecule has 1 fully saturated rings. The number of ether oxygens (including phenoxy) is 1. The highest BCUT2D eigenvalue weighted by atomic mass is 16.5. The second kappa shape index (κ2) is 5.16. The molecule has 1 saturated carbocycles. The van der Waals surface area contributed by atoms with E-state index in [1.54, 1.807) is 0 Å². The van der Waals surface area contributed by atoms with Crippen molar-refractivity contribution < 1.29 is 4.74 Å². The second-order valence-corrected chi connectivity index (χ2v) is 6.11. The van der Waals surface area contributed by atoms with Gasteiger partial charge in [-0.05, 0) is 49.9 Å². The maximum Gasteiger partial charge on any atom is 0.200 e. The van der Waals surface area contributed by atoms with Crippen LogP contribution in [0.15, 0.2) is 60.1 Å². The summed E-state index contributed by atoms with van der Waals surface area (Å²) in [5.74, 6) is 0.865. The molecule has 1 aromatic heterocycles. The topological polar surface area (TPSA) is 26.5 Å². The number of benzene rings is 1. The molecule has 2 heterocycles. The molecule has 3 nitrogen and oxygen atoms in total. The molecule has 0 atom stereocenters. The number of nitrogens with zero attached hydrogens (tertiary/aromatic N) is 2. The molecule has 2 aliphatic rings. The van der Waals surface area contributed by atoms with Crippen LogP contribution in [-0.2, 0) is 0 Å². The molecule has 3 heteroatoms. The highest BCUT2D eigenvalue weighted by molar-refractivity contribution is 5.59. The van der Waals surface area contributed by atoms with E-state index >= 15 is 0 Å². The molecule has 0 bridgehead atoms. The third kappa shape index (κ3) is 2.08. The van der Waals surface area contributed by atoms with Crippen LogP contribution in [0.3, 0.4) is 0 Å². The van der Waals surface area contributed by atoms with E-state index < -0.39 is 0 Å². The maximum absolute atomic E-state index is 6.33. The zero-order valence-electron chi connectivity index (χ0n) is 12.7.